The van der Waals surface area contributed by atoms with Gasteiger partial charge in [-0.1, -0.05) is 0 Å². The Morgan fingerprint density at radius 3 is 2.47 bits per heavy atom. The monoisotopic (exact) mass is 282 g/mol. The number of nitrogens with zero attached hydrogens (tertiary/aromatic N) is 2. The summed E-state index contributed by atoms with van der Waals surface area (Å²) < 4.78 is 44.0. The zero-order chi connectivity index (χ0) is 14.8. The number of alkyl halides is 3. The van der Waals surface area contributed by atoms with Crippen LogP contribution in [-0.4, -0.2) is 34.5 Å². The Morgan fingerprint density at radius 2 is 2.11 bits per heavy atom. The third-order valence-corrected chi connectivity index (χ3v) is 1.76. The lowest BCUT2D eigenvalue weighted by molar-refractivity contribution is -0.390. The SMILES string of the molecule is COc1cc(C(=O)O)nc(OC(F)(F)F)c1[N+](=O)[O-]. The molecule has 1 aromatic rings. The Morgan fingerprint density at radius 1 is 1.53 bits per heavy atom. The number of halogens is 3. The lowest BCUT2D eigenvalue weighted by Crippen LogP contribution is -2.20. The van der Waals surface area contributed by atoms with E-state index in [1.54, 1.807) is 0 Å². The summed E-state index contributed by atoms with van der Waals surface area (Å²) in [6.45, 7) is 0. The summed E-state index contributed by atoms with van der Waals surface area (Å²) in [4.78, 5) is 23.0. The number of hydrogen-bond acceptors (Lipinski definition) is 6. The molecule has 0 atom stereocenters. The van der Waals surface area contributed by atoms with Crippen LogP contribution in [0.3, 0.4) is 0 Å². The minimum Gasteiger partial charge on any atom is -0.490 e. The molecule has 11 heteroatoms. The van der Waals surface area contributed by atoms with Crippen LogP contribution in [-0.2, 0) is 0 Å². The molecule has 1 rings (SSSR count). The highest BCUT2D eigenvalue weighted by Gasteiger charge is 2.38. The fourth-order valence-corrected chi connectivity index (χ4v) is 1.11. The molecule has 1 heterocycles. The minimum absolute atomic E-state index is 0.615. The fraction of sp³-hybridized carbons (Fsp3) is 0.250. The van der Waals surface area contributed by atoms with E-state index >= 15 is 0 Å². The average molecular weight is 282 g/mol. The predicted molar refractivity (Wildman–Crippen MR) is 51.1 cm³/mol. The highest BCUT2D eigenvalue weighted by molar-refractivity contribution is 5.87. The number of aromatic nitrogens is 1. The van der Waals surface area contributed by atoms with E-state index in [0.717, 1.165) is 7.11 Å². The Balaban J connectivity index is 3.50. The second-order valence-electron chi connectivity index (χ2n) is 2.97. The highest BCUT2D eigenvalue weighted by Crippen LogP contribution is 2.38. The van der Waals surface area contributed by atoms with Gasteiger partial charge in [-0.2, -0.15) is 4.98 Å². The molecule has 0 aromatic carbocycles. The first-order chi connectivity index (χ1) is 8.65. The van der Waals surface area contributed by atoms with Gasteiger partial charge in [-0.25, -0.2) is 4.79 Å². The van der Waals surface area contributed by atoms with E-state index in [1.165, 1.54) is 0 Å². The molecule has 104 valence electrons. The van der Waals surface area contributed by atoms with Gasteiger partial charge in [0, 0.05) is 6.07 Å². The number of carboxylic acid groups (broad SMARTS) is 1. The van der Waals surface area contributed by atoms with Gasteiger partial charge in [0.15, 0.2) is 5.69 Å². The molecule has 0 radical (unpaired) electrons. The maximum atomic E-state index is 12.1. The normalized spacial score (nSPS) is 10.9. The molecular weight excluding hydrogens is 277 g/mol. The van der Waals surface area contributed by atoms with Crippen molar-refractivity contribution in [2.45, 2.75) is 6.36 Å². The van der Waals surface area contributed by atoms with Crippen LogP contribution in [0.4, 0.5) is 18.9 Å². The number of carbonyl (C=O) groups is 1. The summed E-state index contributed by atoms with van der Waals surface area (Å²) >= 11 is 0. The van der Waals surface area contributed by atoms with Crippen molar-refractivity contribution < 1.29 is 37.5 Å². The van der Waals surface area contributed by atoms with Gasteiger partial charge in [0.05, 0.1) is 12.0 Å². The fourth-order valence-electron chi connectivity index (χ4n) is 1.11. The van der Waals surface area contributed by atoms with Gasteiger partial charge in [0.25, 0.3) is 0 Å². The summed E-state index contributed by atoms with van der Waals surface area (Å²) in [6.07, 6.45) is -5.26. The second-order valence-corrected chi connectivity index (χ2v) is 2.97. The molecule has 1 aromatic heterocycles. The highest BCUT2D eigenvalue weighted by atomic mass is 19.4. The number of rotatable bonds is 4. The number of hydrogen-bond donors (Lipinski definition) is 1. The van der Waals surface area contributed by atoms with Crippen LogP contribution in [0.25, 0.3) is 0 Å². The van der Waals surface area contributed by atoms with Gasteiger partial charge in [0.2, 0.25) is 5.75 Å². The first-order valence-corrected chi connectivity index (χ1v) is 4.38. The molecule has 0 unspecified atom stereocenters. The van der Waals surface area contributed by atoms with E-state index in [4.69, 9.17) is 5.11 Å². The van der Waals surface area contributed by atoms with E-state index in [2.05, 4.69) is 14.5 Å². The van der Waals surface area contributed by atoms with Crippen molar-refractivity contribution in [1.82, 2.24) is 4.98 Å². The van der Waals surface area contributed by atoms with Crippen molar-refractivity contribution >= 4 is 11.7 Å². The summed E-state index contributed by atoms with van der Waals surface area (Å²) in [5.41, 5.74) is -2.11. The van der Waals surface area contributed by atoms with Crippen molar-refractivity contribution in [2.75, 3.05) is 7.11 Å². The minimum atomic E-state index is -5.26. The van der Waals surface area contributed by atoms with Gasteiger partial charge >= 0.3 is 23.9 Å². The molecule has 0 aliphatic rings. The Hall–Kier alpha value is -2.59. The smallest absolute Gasteiger partial charge is 0.490 e. The van der Waals surface area contributed by atoms with E-state index in [1.807, 2.05) is 0 Å². The summed E-state index contributed by atoms with van der Waals surface area (Å²) in [5.74, 6) is -3.91. The van der Waals surface area contributed by atoms with Crippen LogP contribution < -0.4 is 9.47 Å². The average Bonchev–Trinajstić information content (AvgIpc) is 2.24. The first-order valence-electron chi connectivity index (χ1n) is 4.38. The Kier molecular flexibility index (Phi) is 3.77. The molecule has 1 N–H and O–H groups in total. The van der Waals surface area contributed by atoms with Crippen LogP contribution in [0.2, 0.25) is 0 Å². The van der Waals surface area contributed by atoms with Crippen molar-refractivity contribution in [3.63, 3.8) is 0 Å². The molecule has 0 saturated carbocycles. The molecule has 0 fully saturated rings. The van der Waals surface area contributed by atoms with E-state index < -0.39 is 40.3 Å². The topological polar surface area (TPSA) is 112 Å². The molecule has 8 nitrogen and oxygen atoms in total. The summed E-state index contributed by atoms with van der Waals surface area (Å²) in [6, 6.07) is 0.615. The number of nitro groups is 1. The van der Waals surface area contributed by atoms with Crippen LogP contribution in [0.15, 0.2) is 6.07 Å². The number of methoxy groups -OCH3 is 1. The molecule has 19 heavy (non-hydrogen) atoms. The largest absolute Gasteiger partial charge is 0.574 e. The van der Waals surface area contributed by atoms with Crippen LogP contribution >= 0.6 is 0 Å². The summed E-state index contributed by atoms with van der Waals surface area (Å²) in [5, 5.41) is 19.3. The Labute approximate surface area is 102 Å². The third-order valence-electron chi connectivity index (χ3n) is 1.76. The quantitative estimate of drug-likeness (QED) is 0.659. The zero-order valence-electron chi connectivity index (χ0n) is 9.09. The lowest BCUT2D eigenvalue weighted by atomic mass is 10.3. The predicted octanol–water partition coefficient (Wildman–Crippen LogP) is 1.60. The lowest BCUT2D eigenvalue weighted by Gasteiger charge is -2.10. The molecule has 0 aliphatic heterocycles. The number of carboxylic acids is 1. The molecular formula is C8H5F3N2O6. The Bertz CT molecular complexity index is 530. The molecule has 0 bridgehead atoms. The maximum Gasteiger partial charge on any atom is 0.574 e. The second kappa shape index (κ2) is 4.96. The van der Waals surface area contributed by atoms with Gasteiger partial charge in [-0.05, 0) is 0 Å². The number of aromatic carboxylic acids is 1. The molecule has 0 amide bonds. The number of pyridine rings is 1. The van der Waals surface area contributed by atoms with Gasteiger partial charge < -0.3 is 14.6 Å². The van der Waals surface area contributed by atoms with Crippen molar-refractivity contribution in [3.8, 4) is 11.6 Å². The van der Waals surface area contributed by atoms with E-state index in [9.17, 15) is 28.1 Å². The molecule has 0 saturated heterocycles. The van der Waals surface area contributed by atoms with Gasteiger partial charge in [0.1, 0.15) is 0 Å². The van der Waals surface area contributed by atoms with E-state index in [-0.39, 0.29) is 0 Å². The van der Waals surface area contributed by atoms with Gasteiger partial charge in [-0.3, -0.25) is 10.1 Å². The first kappa shape index (κ1) is 14.5. The summed E-state index contributed by atoms with van der Waals surface area (Å²) in [7, 11) is 0.922. The maximum absolute atomic E-state index is 12.1. The number of ether oxygens (including phenoxy) is 2. The third kappa shape index (κ3) is 3.43. The van der Waals surface area contributed by atoms with E-state index in [0.29, 0.717) is 6.07 Å². The van der Waals surface area contributed by atoms with Crippen molar-refractivity contribution in [3.05, 3.63) is 21.9 Å². The van der Waals surface area contributed by atoms with Crippen LogP contribution in [0, 0.1) is 10.1 Å². The van der Waals surface area contributed by atoms with Crippen molar-refractivity contribution in [1.29, 1.82) is 0 Å². The zero-order valence-corrected chi connectivity index (χ0v) is 9.09. The molecule has 0 aliphatic carbocycles. The molecule has 0 spiro atoms. The standard InChI is InChI=1S/C8H5F3N2O6/c1-18-4-2-3(7(14)15)12-6(5(4)13(16)17)19-8(9,10)11/h2H,1H3,(H,14,15). The van der Waals surface area contributed by atoms with Crippen LogP contribution in [0.5, 0.6) is 11.6 Å². The van der Waals surface area contributed by atoms with Gasteiger partial charge in [-0.15, -0.1) is 13.2 Å². The van der Waals surface area contributed by atoms with Crippen molar-refractivity contribution in [2.24, 2.45) is 0 Å². The van der Waals surface area contributed by atoms with Crippen LogP contribution in [0.1, 0.15) is 10.5 Å².